The Morgan fingerprint density at radius 2 is 1.87 bits per heavy atom. The summed E-state index contributed by atoms with van der Waals surface area (Å²) >= 11 is 0. The van der Waals surface area contributed by atoms with Crippen LogP contribution in [0.15, 0.2) is 0 Å². The van der Waals surface area contributed by atoms with Gasteiger partial charge in [-0.05, 0) is 32.7 Å². The minimum atomic E-state index is -0.441. The van der Waals surface area contributed by atoms with Crippen LogP contribution in [0.3, 0.4) is 0 Å². The lowest BCUT2D eigenvalue weighted by Crippen LogP contribution is -2.51. The van der Waals surface area contributed by atoms with E-state index in [1.54, 1.807) is 0 Å². The first-order valence-corrected chi connectivity index (χ1v) is 6.34. The van der Waals surface area contributed by atoms with Gasteiger partial charge in [-0.2, -0.15) is 0 Å². The Morgan fingerprint density at radius 1 is 1.27 bits per heavy atom. The highest BCUT2D eigenvalue weighted by Crippen LogP contribution is 2.29. The summed E-state index contributed by atoms with van der Waals surface area (Å²) in [5, 5.41) is 13.3. The Bertz CT molecular complexity index is 194. The fourth-order valence-electron chi connectivity index (χ4n) is 3.08. The van der Waals surface area contributed by atoms with E-state index < -0.39 is 5.60 Å². The van der Waals surface area contributed by atoms with E-state index in [4.69, 9.17) is 0 Å². The Hall–Kier alpha value is -0.120. The number of nitrogens with zero attached hydrogens (tertiary/aromatic N) is 1. The summed E-state index contributed by atoms with van der Waals surface area (Å²) in [7, 11) is 1.92. The summed E-state index contributed by atoms with van der Waals surface area (Å²) in [6, 6.07) is 0.823. The molecule has 1 aliphatic carbocycles. The third-order valence-electron chi connectivity index (χ3n) is 4.08. The van der Waals surface area contributed by atoms with Crippen molar-refractivity contribution in [2.75, 3.05) is 26.7 Å². The number of likely N-dealkylation sites (tertiary alicyclic amines) is 1. The second-order valence-corrected chi connectivity index (χ2v) is 5.23. The zero-order valence-electron chi connectivity index (χ0n) is 9.84. The van der Waals surface area contributed by atoms with Crippen molar-refractivity contribution in [3.63, 3.8) is 0 Å². The molecule has 3 heteroatoms. The summed E-state index contributed by atoms with van der Waals surface area (Å²) in [4.78, 5) is 2.59. The summed E-state index contributed by atoms with van der Waals surface area (Å²) in [6.07, 6.45) is 7.44. The highest BCUT2D eigenvalue weighted by molar-refractivity contribution is 4.90. The molecular weight excluding hydrogens is 188 g/mol. The van der Waals surface area contributed by atoms with Gasteiger partial charge < -0.3 is 15.3 Å². The molecule has 0 bridgehead atoms. The second kappa shape index (κ2) is 4.81. The molecule has 2 fully saturated rings. The summed E-state index contributed by atoms with van der Waals surface area (Å²) in [5.74, 6) is 0. The van der Waals surface area contributed by atoms with Crippen molar-refractivity contribution in [3.8, 4) is 0 Å². The van der Waals surface area contributed by atoms with Crippen molar-refractivity contribution in [1.82, 2.24) is 10.2 Å². The van der Waals surface area contributed by atoms with Crippen LogP contribution in [0.2, 0.25) is 0 Å². The molecule has 0 amide bonds. The molecule has 1 saturated heterocycles. The molecule has 2 aliphatic rings. The van der Waals surface area contributed by atoms with Crippen LogP contribution in [-0.2, 0) is 0 Å². The minimum absolute atomic E-state index is 0.441. The maximum atomic E-state index is 10.2. The van der Waals surface area contributed by atoms with E-state index in [0.717, 1.165) is 38.5 Å². The first kappa shape index (κ1) is 11.4. The van der Waals surface area contributed by atoms with Gasteiger partial charge >= 0.3 is 0 Å². The molecular formula is C12H24N2O. The normalized spacial score (nSPS) is 28.4. The maximum absolute atomic E-state index is 10.2. The van der Waals surface area contributed by atoms with E-state index >= 15 is 0 Å². The monoisotopic (exact) mass is 212 g/mol. The average molecular weight is 212 g/mol. The van der Waals surface area contributed by atoms with Crippen LogP contribution in [0.4, 0.5) is 0 Å². The van der Waals surface area contributed by atoms with Gasteiger partial charge in [0.15, 0.2) is 0 Å². The van der Waals surface area contributed by atoms with Gasteiger partial charge in [0, 0.05) is 25.7 Å². The molecule has 0 spiro atoms. The number of hydrogen-bond acceptors (Lipinski definition) is 3. The van der Waals surface area contributed by atoms with Crippen molar-refractivity contribution in [2.24, 2.45) is 0 Å². The standard InChI is InChI=1S/C12H24N2O/c1-13-10-12(15)6-8-14(9-7-12)11-4-2-3-5-11/h11,13,15H,2-10H2,1H3. The van der Waals surface area contributed by atoms with Crippen molar-refractivity contribution in [3.05, 3.63) is 0 Å². The SMILES string of the molecule is CNCC1(O)CCN(C2CCCC2)CC1. The summed E-state index contributed by atoms with van der Waals surface area (Å²) < 4.78 is 0. The molecule has 0 atom stereocenters. The van der Waals surface area contributed by atoms with E-state index in [2.05, 4.69) is 10.2 Å². The molecule has 1 heterocycles. The lowest BCUT2D eigenvalue weighted by Gasteiger charge is -2.40. The number of rotatable bonds is 3. The lowest BCUT2D eigenvalue weighted by atomic mass is 9.90. The van der Waals surface area contributed by atoms with Crippen molar-refractivity contribution in [2.45, 2.75) is 50.2 Å². The second-order valence-electron chi connectivity index (χ2n) is 5.23. The highest BCUT2D eigenvalue weighted by Gasteiger charge is 2.34. The molecule has 1 saturated carbocycles. The topological polar surface area (TPSA) is 35.5 Å². The number of aliphatic hydroxyl groups is 1. The van der Waals surface area contributed by atoms with Crippen molar-refractivity contribution < 1.29 is 5.11 Å². The Labute approximate surface area is 92.8 Å². The molecule has 3 nitrogen and oxygen atoms in total. The van der Waals surface area contributed by atoms with Gasteiger partial charge in [0.25, 0.3) is 0 Å². The smallest absolute Gasteiger partial charge is 0.0795 e. The van der Waals surface area contributed by atoms with Gasteiger partial charge in [-0.3, -0.25) is 0 Å². The fraction of sp³-hybridized carbons (Fsp3) is 1.00. The van der Waals surface area contributed by atoms with Gasteiger partial charge in [-0.15, -0.1) is 0 Å². The molecule has 0 radical (unpaired) electrons. The Balaban J connectivity index is 1.80. The van der Waals surface area contributed by atoms with Crippen LogP contribution in [0.5, 0.6) is 0 Å². The first-order chi connectivity index (χ1) is 7.23. The van der Waals surface area contributed by atoms with Crippen LogP contribution in [0, 0.1) is 0 Å². The summed E-state index contributed by atoms with van der Waals surface area (Å²) in [6.45, 7) is 2.91. The van der Waals surface area contributed by atoms with Gasteiger partial charge in [0.05, 0.1) is 5.60 Å². The average Bonchev–Trinajstić information content (AvgIpc) is 2.72. The molecule has 0 aromatic rings. The highest BCUT2D eigenvalue weighted by atomic mass is 16.3. The van der Waals surface area contributed by atoms with Crippen LogP contribution in [0.25, 0.3) is 0 Å². The zero-order valence-corrected chi connectivity index (χ0v) is 9.84. The van der Waals surface area contributed by atoms with E-state index in [9.17, 15) is 5.11 Å². The fourth-order valence-corrected chi connectivity index (χ4v) is 3.08. The van der Waals surface area contributed by atoms with E-state index in [0.29, 0.717) is 0 Å². The van der Waals surface area contributed by atoms with Crippen LogP contribution < -0.4 is 5.32 Å². The largest absolute Gasteiger partial charge is 0.388 e. The van der Waals surface area contributed by atoms with Crippen LogP contribution >= 0.6 is 0 Å². The van der Waals surface area contributed by atoms with Gasteiger partial charge in [0.1, 0.15) is 0 Å². The summed E-state index contributed by atoms with van der Waals surface area (Å²) in [5.41, 5.74) is -0.441. The van der Waals surface area contributed by atoms with E-state index in [1.165, 1.54) is 25.7 Å². The van der Waals surface area contributed by atoms with Crippen molar-refractivity contribution in [1.29, 1.82) is 0 Å². The van der Waals surface area contributed by atoms with Crippen LogP contribution in [0.1, 0.15) is 38.5 Å². The van der Waals surface area contributed by atoms with Gasteiger partial charge in [-0.1, -0.05) is 12.8 Å². The predicted octanol–water partition coefficient (Wildman–Crippen LogP) is 0.975. The first-order valence-electron chi connectivity index (χ1n) is 6.34. The molecule has 1 aliphatic heterocycles. The molecule has 88 valence electrons. The molecule has 0 aromatic heterocycles. The molecule has 0 aromatic carbocycles. The molecule has 0 unspecified atom stereocenters. The van der Waals surface area contributed by atoms with E-state index in [1.807, 2.05) is 7.05 Å². The van der Waals surface area contributed by atoms with E-state index in [-0.39, 0.29) is 0 Å². The van der Waals surface area contributed by atoms with Crippen LogP contribution in [-0.4, -0.2) is 48.3 Å². The Morgan fingerprint density at radius 3 is 2.40 bits per heavy atom. The third kappa shape index (κ3) is 2.71. The number of nitrogens with one attached hydrogen (secondary N) is 1. The molecule has 2 rings (SSSR count). The number of likely N-dealkylation sites (N-methyl/N-ethyl adjacent to an activating group) is 1. The lowest BCUT2D eigenvalue weighted by molar-refractivity contribution is -0.0278. The Kier molecular flexibility index (Phi) is 3.65. The molecule has 2 N–H and O–H groups in total. The number of piperidine rings is 1. The number of hydrogen-bond donors (Lipinski definition) is 2. The molecule has 15 heavy (non-hydrogen) atoms. The minimum Gasteiger partial charge on any atom is -0.388 e. The zero-order chi connectivity index (χ0) is 10.7. The third-order valence-corrected chi connectivity index (χ3v) is 4.08. The quantitative estimate of drug-likeness (QED) is 0.732. The van der Waals surface area contributed by atoms with Gasteiger partial charge in [0.2, 0.25) is 0 Å². The maximum Gasteiger partial charge on any atom is 0.0795 e. The van der Waals surface area contributed by atoms with Gasteiger partial charge in [-0.25, -0.2) is 0 Å². The predicted molar refractivity (Wildman–Crippen MR) is 61.9 cm³/mol. The van der Waals surface area contributed by atoms with Crippen molar-refractivity contribution >= 4 is 0 Å².